The molecule has 54 heavy (non-hydrogen) atoms. The van der Waals surface area contributed by atoms with Gasteiger partial charge in [0.1, 0.15) is 0 Å². The van der Waals surface area contributed by atoms with Crippen LogP contribution in [0.25, 0.3) is 0 Å². The molecule has 0 aromatic carbocycles. The lowest BCUT2D eigenvalue weighted by atomic mass is 10.0. The Hall–Kier alpha value is -0.630. The molecular formula is C52H104N2+2. The van der Waals surface area contributed by atoms with Crippen molar-refractivity contribution >= 4 is 5.84 Å². The van der Waals surface area contributed by atoms with Crippen LogP contribution >= 0.6 is 0 Å². The van der Waals surface area contributed by atoms with Gasteiger partial charge in [0.2, 0.25) is 6.20 Å². The molecule has 0 aromatic rings. The van der Waals surface area contributed by atoms with E-state index in [1.807, 2.05) is 0 Å². The van der Waals surface area contributed by atoms with Gasteiger partial charge in [0.05, 0.1) is 19.5 Å². The lowest BCUT2D eigenvalue weighted by Crippen LogP contribution is -2.50. The fourth-order valence-electron chi connectivity index (χ4n) is 9.20. The van der Waals surface area contributed by atoms with Crippen molar-refractivity contribution in [2.24, 2.45) is 0 Å². The van der Waals surface area contributed by atoms with Crippen molar-refractivity contribution < 1.29 is 9.06 Å². The second-order valence-corrected chi connectivity index (χ2v) is 18.2. The molecular weight excluding hydrogens is 653 g/mol. The van der Waals surface area contributed by atoms with E-state index in [9.17, 15) is 0 Å². The minimum absolute atomic E-state index is 1.21. The fraction of sp³-hybridized carbons (Fsp3) is 0.942. The number of amidine groups is 1. The molecule has 320 valence electrons. The maximum absolute atomic E-state index is 2.80. The molecule has 0 spiro atoms. The van der Waals surface area contributed by atoms with Gasteiger partial charge >= 0.3 is 5.84 Å². The summed E-state index contributed by atoms with van der Waals surface area (Å²) >= 11 is 0. The topological polar surface area (TPSA) is 3.01 Å². The van der Waals surface area contributed by atoms with E-state index in [1.165, 1.54) is 294 Å². The third-order valence-corrected chi connectivity index (χ3v) is 13.0. The third kappa shape index (κ3) is 29.6. The molecule has 0 saturated heterocycles. The molecule has 0 saturated carbocycles. The molecule has 0 N–H and O–H groups in total. The van der Waals surface area contributed by atoms with E-state index in [-0.39, 0.29) is 0 Å². The highest BCUT2D eigenvalue weighted by atomic mass is 15.4. The first-order valence-corrected chi connectivity index (χ1v) is 25.9. The van der Waals surface area contributed by atoms with E-state index in [1.54, 1.807) is 5.84 Å². The quantitative estimate of drug-likeness (QED) is 0.0331. The van der Waals surface area contributed by atoms with Crippen molar-refractivity contribution in [1.82, 2.24) is 0 Å². The second-order valence-electron chi connectivity index (χ2n) is 18.2. The third-order valence-electron chi connectivity index (χ3n) is 13.0. The minimum Gasteiger partial charge on any atom is -0.209 e. The van der Waals surface area contributed by atoms with Crippen LogP contribution in [0.15, 0.2) is 12.4 Å². The molecule has 1 unspecified atom stereocenters. The second kappa shape index (κ2) is 40.6. The summed E-state index contributed by atoms with van der Waals surface area (Å²) in [5, 5.41) is 0. The number of nitrogens with zero attached hydrogens (tertiary/aromatic N) is 2. The zero-order chi connectivity index (χ0) is 38.9. The number of rotatable bonds is 45. The normalized spacial score (nSPS) is 15.7. The average Bonchev–Trinajstić information content (AvgIpc) is 3.52. The summed E-state index contributed by atoms with van der Waals surface area (Å²) in [6.45, 7) is 13.3. The van der Waals surface area contributed by atoms with Crippen molar-refractivity contribution in [3.63, 3.8) is 0 Å². The van der Waals surface area contributed by atoms with E-state index in [2.05, 4.69) is 44.7 Å². The Morgan fingerprint density at radius 1 is 0.315 bits per heavy atom. The van der Waals surface area contributed by atoms with Gasteiger partial charge in [-0.05, 0) is 38.5 Å². The molecule has 0 aromatic heterocycles. The van der Waals surface area contributed by atoms with Crippen LogP contribution in [0, 0.1) is 0 Å². The Balaban J connectivity index is 2.75. The lowest BCUT2D eigenvalue weighted by molar-refractivity contribution is -0.801. The van der Waals surface area contributed by atoms with Crippen LogP contribution in [0.2, 0.25) is 0 Å². The highest BCUT2D eigenvalue weighted by Gasteiger charge is 2.42. The van der Waals surface area contributed by atoms with Gasteiger partial charge in [-0.1, -0.05) is 246 Å². The van der Waals surface area contributed by atoms with Gasteiger partial charge in [-0.2, -0.15) is 4.58 Å². The highest BCUT2D eigenvalue weighted by Crippen LogP contribution is 2.26. The van der Waals surface area contributed by atoms with Gasteiger partial charge in [-0.25, -0.2) is 4.48 Å². The van der Waals surface area contributed by atoms with Gasteiger partial charge in [0, 0.05) is 6.42 Å². The van der Waals surface area contributed by atoms with Crippen molar-refractivity contribution in [2.45, 2.75) is 297 Å². The van der Waals surface area contributed by atoms with Crippen molar-refractivity contribution in [1.29, 1.82) is 0 Å². The lowest BCUT2D eigenvalue weighted by Gasteiger charge is -2.29. The van der Waals surface area contributed by atoms with Crippen LogP contribution in [0.5, 0.6) is 0 Å². The van der Waals surface area contributed by atoms with Crippen LogP contribution in [0.4, 0.5) is 0 Å². The summed E-state index contributed by atoms with van der Waals surface area (Å²) in [5.74, 6) is 1.80. The Bertz CT molecular complexity index is 813. The first-order chi connectivity index (χ1) is 26.7. The van der Waals surface area contributed by atoms with E-state index in [4.69, 9.17) is 0 Å². The highest BCUT2D eigenvalue weighted by molar-refractivity contribution is 5.72. The van der Waals surface area contributed by atoms with Gasteiger partial charge < -0.3 is 0 Å². The number of hydrogen-bond acceptors (Lipinski definition) is 0. The summed E-state index contributed by atoms with van der Waals surface area (Å²) in [7, 11) is 0. The van der Waals surface area contributed by atoms with E-state index in [0.717, 1.165) is 0 Å². The Labute approximate surface area is 343 Å². The molecule has 1 heterocycles. The zero-order valence-electron chi connectivity index (χ0n) is 38.4. The first-order valence-electron chi connectivity index (χ1n) is 25.9. The van der Waals surface area contributed by atoms with E-state index in [0.29, 0.717) is 0 Å². The first kappa shape index (κ1) is 51.4. The average molecular weight is 757 g/mol. The number of quaternary nitrogens is 1. The molecule has 0 bridgehead atoms. The molecule has 1 atom stereocenters. The molecule has 2 heteroatoms. The summed E-state index contributed by atoms with van der Waals surface area (Å²) in [4.78, 5) is 0. The maximum atomic E-state index is 2.80. The fourth-order valence-corrected chi connectivity index (χ4v) is 9.20. The monoisotopic (exact) mass is 757 g/mol. The summed E-state index contributed by atoms with van der Waals surface area (Å²) in [6.07, 6.45) is 65.6. The smallest absolute Gasteiger partial charge is 0.209 e. The standard InChI is InChI=1S/C52H104N2/c1-5-9-13-17-21-25-28-30-34-38-42-46-52-53(47-43-39-35-31-29-26-22-18-14-10-6-2)48-51-54(52,49-44-40-36-32-24-20-16-12-8-4)50-45-41-37-33-27-23-19-15-11-7-3/h48,51H,5-47,49-50H2,1-4H3/q+2. The van der Waals surface area contributed by atoms with Crippen LogP contribution < -0.4 is 0 Å². The molecule has 0 aliphatic carbocycles. The van der Waals surface area contributed by atoms with E-state index < -0.39 is 0 Å². The molecule has 1 aliphatic heterocycles. The van der Waals surface area contributed by atoms with Crippen molar-refractivity contribution in [2.75, 3.05) is 19.6 Å². The molecule has 0 fully saturated rings. The Kier molecular flexibility index (Phi) is 38.6. The largest absolute Gasteiger partial charge is 0.348 e. The van der Waals surface area contributed by atoms with Gasteiger partial charge in [0.25, 0.3) is 0 Å². The van der Waals surface area contributed by atoms with Crippen LogP contribution in [-0.4, -0.2) is 34.5 Å². The van der Waals surface area contributed by atoms with Crippen LogP contribution in [0.3, 0.4) is 0 Å². The summed E-state index contributed by atoms with van der Waals surface area (Å²) in [5.41, 5.74) is 0. The van der Waals surface area contributed by atoms with Gasteiger partial charge in [-0.15, -0.1) is 0 Å². The zero-order valence-corrected chi connectivity index (χ0v) is 38.4. The van der Waals surface area contributed by atoms with Gasteiger partial charge in [0.15, 0.2) is 12.7 Å². The Morgan fingerprint density at radius 2 is 0.574 bits per heavy atom. The van der Waals surface area contributed by atoms with Crippen molar-refractivity contribution in [3.05, 3.63) is 12.4 Å². The predicted molar refractivity (Wildman–Crippen MR) is 246 cm³/mol. The maximum Gasteiger partial charge on any atom is 0.348 e. The molecule has 1 rings (SSSR count). The minimum atomic E-state index is 1.21. The van der Waals surface area contributed by atoms with E-state index >= 15 is 0 Å². The number of unbranched alkanes of at least 4 members (excludes halogenated alkanes) is 37. The SMILES string of the molecule is CCCCCCCCCCCCCC1=[N+](CCCCCCCCCCCCC)C=C[N+]1(CCCCCCCCCCC)CCCCCCCCCCCC. The van der Waals surface area contributed by atoms with Crippen LogP contribution in [-0.2, 0) is 0 Å². The predicted octanol–water partition coefficient (Wildman–Crippen LogP) is 18.2. The molecule has 0 radical (unpaired) electrons. The summed E-state index contributed by atoms with van der Waals surface area (Å²) < 4.78 is 4.01. The Morgan fingerprint density at radius 3 is 0.889 bits per heavy atom. The van der Waals surface area contributed by atoms with Crippen LogP contribution in [0.1, 0.15) is 297 Å². The van der Waals surface area contributed by atoms with Gasteiger partial charge in [-0.3, -0.25) is 0 Å². The molecule has 0 amide bonds. The summed E-state index contributed by atoms with van der Waals surface area (Å²) in [6, 6.07) is 0. The van der Waals surface area contributed by atoms with Crippen molar-refractivity contribution in [3.8, 4) is 0 Å². The molecule has 2 nitrogen and oxygen atoms in total. The molecule has 1 aliphatic rings. The number of hydrogen-bond donors (Lipinski definition) is 0.